The van der Waals surface area contributed by atoms with E-state index in [4.69, 9.17) is 0 Å². The van der Waals surface area contributed by atoms with Crippen molar-refractivity contribution < 1.29 is 10.2 Å². The first-order chi connectivity index (χ1) is 11.9. The van der Waals surface area contributed by atoms with Gasteiger partial charge in [-0.25, -0.2) is 0 Å². The Hall–Kier alpha value is -1.14. The van der Waals surface area contributed by atoms with Crippen LogP contribution in [0, 0.1) is 11.8 Å². The zero-order valence-electron chi connectivity index (χ0n) is 15.7. The van der Waals surface area contributed by atoms with Crippen molar-refractivity contribution in [1.29, 1.82) is 0 Å². The van der Waals surface area contributed by atoms with Crippen molar-refractivity contribution >= 4 is 0 Å². The predicted octanol–water partition coefficient (Wildman–Crippen LogP) is 1.36. The molecule has 4 N–H and O–H groups in total. The summed E-state index contributed by atoms with van der Waals surface area (Å²) in [6, 6.07) is 0.568. The van der Waals surface area contributed by atoms with E-state index in [0.29, 0.717) is 24.3 Å². The smallest absolute Gasteiger partial charge is 0.108 e. The summed E-state index contributed by atoms with van der Waals surface area (Å²) in [5, 5.41) is 26.8. The summed E-state index contributed by atoms with van der Waals surface area (Å²) in [6.07, 6.45) is 11.7. The number of fused-ring (bicyclic) bond motifs is 1. The van der Waals surface area contributed by atoms with Gasteiger partial charge >= 0.3 is 0 Å². The van der Waals surface area contributed by atoms with E-state index in [2.05, 4.69) is 66.8 Å². The second-order valence-electron chi connectivity index (χ2n) is 8.60. The number of likely N-dealkylation sites (tertiary alicyclic amines) is 1. The number of aliphatic hydroxyl groups is 2. The third-order valence-corrected chi connectivity index (χ3v) is 5.67. The maximum atomic E-state index is 10.4. The summed E-state index contributed by atoms with van der Waals surface area (Å²) in [7, 11) is 0. The van der Waals surface area contributed by atoms with Gasteiger partial charge in [-0.15, -0.1) is 0 Å². The Bertz CT molecular complexity index is 550. The Morgan fingerprint density at radius 3 is 2.76 bits per heavy atom. The fourth-order valence-electron chi connectivity index (χ4n) is 4.37. The number of aliphatic hydroxyl groups excluding tert-OH is 2. The molecule has 2 aliphatic heterocycles. The van der Waals surface area contributed by atoms with Crippen LogP contribution in [0.5, 0.6) is 0 Å². The van der Waals surface area contributed by atoms with Gasteiger partial charge in [-0.1, -0.05) is 24.3 Å². The van der Waals surface area contributed by atoms with Crippen molar-refractivity contribution in [2.45, 2.75) is 57.5 Å². The lowest BCUT2D eigenvalue weighted by atomic mass is 9.89. The Balaban J connectivity index is 1.46. The van der Waals surface area contributed by atoms with Gasteiger partial charge in [0.05, 0.1) is 12.6 Å². The Kier molecular flexibility index (Phi) is 5.68. The molecule has 3 aliphatic rings. The molecule has 25 heavy (non-hydrogen) atoms. The molecule has 0 aromatic heterocycles. The van der Waals surface area contributed by atoms with E-state index >= 15 is 0 Å². The highest BCUT2D eigenvalue weighted by Crippen LogP contribution is 2.31. The minimum atomic E-state index is -0.526. The molecule has 0 spiro atoms. The second-order valence-corrected chi connectivity index (χ2v) is 8.60. The molecule has 2 heterocycles. The molecule has 0 radical (unpaired) electrons. The normalized spacial score (nSPS) is 33.2. The molecule has 0 bridgehead atoms. The lowest BCUT2D eigenvalue weighted by Crippen LogP contribution is -2.46. The Morgan fingerprint density at radius 1 is 1.32 bits per heavy atom. The Morgan fingerprint density at radius 2 is 2.08 bits per heavy atom. The van der Waals surface area contributed by atoms with Gasteiger partial charge in [-0.3, -0.25) is 10.2 Å². The zero-order chi connectivity index (χ0) is 18.0. The number of nitrogens with one attached hydrogen (secondary N) is 2. The van der Waals surface area contributed by atoms with Gasteiger partial charge in [-0.2, -0.15) is 0 Å². The molecule has 0 aromatic carbocycles. The van der Waals surface area contributed by atoms with Crippen LogP contribution in [0.1, 0.15) is 33.6 Å². The van der Waals surface area contributed by atoms with E-state index in [0.717, 1.165) is 19.5 Å². The quantitative estimate of drug-likeness (QED) is 0.547. The van der Waals surface area contributed by atoms with E-state index in [-0.39, 0.29) is 18.2 Å². The van der Waals surface area contributed by atoms with E-state index in [9.17, 15) is 10.2 Å². The topological polar surface area (TPSA) is 67.8 Å². The van der Waals surface area contributed by atoms with Crippen molar-refractivity contribution in [3.8, 4) is 0 Å². The highest BCUT2D eigenvalue weighted by atomic mass is 16.3. The minimum absolute atomic E-state index is 0.0664. The van der Waals surface area contributed by atoms with E-state index in [1.54, 1.807) is 0 Å². The first kappa shape index (κ1) is 18.6. The van der Waals surface area contributed by atoms with E-state index < -0.39 is 6.23 Å². The molecule has 5 atom stereocenters. The van der Waals surface area contributed by atoms with Gasteiger partial charge in [0, 0.05) is 37.0 Å². The van der Waals surface area contributed by atoms with Crippen molar-refractivity contribution in [2.24, 2.45) is 11.8 Å². The molecule has 0 amide bonds. The van der Waals surface area contributed by atoms with Crippen LogP contribution in [0.4, 0.5) is 0 Å². The lowest BCUT2D eigenvalue weighted by Gasteiger charge is -2.36. The molecule has 1 saturated heterocycles. The highest BCUT2D eigenvalue weighted by molar-refractivity contribution is 5.31. The summed E-state index contributed by atoms with van der Waals surface area (Å²) in [5.74, 6) is 0.829. The molecule has 140 valence electrons. The fourth-order valence-corrected chi connectivity index (χ4v) is 4.37. The van der Waals surface area contributed by atoms with Crippen LogP contribution in [-0.4, -0.2) is 58.7 Å². The van der Waals surface area contributed by atoms with Crippen molar-refractivity contribution in [1.82, 2.24) is 15.5 Å². The molecular formula is C20H33N3O2. The fraction of sp³-hybridized carbons (Fsp3) is 0.700. The number of nitrogens with zero attached hydrogens (tertiary/aromatic N) is 1. The van der Waals surface area contributed by atoms with Crippen LogP contribution < -0.4 is 10.6 Å². The van der Waals surface area contributed by atoms with Crippen molar-refractivity contribution in [3.05, 3.63) is 36.1 Å². The minimum Gasteiger partial charge on any atom is -0.395 e. The van der Waals surface area contributed by atoms with Crippen LogP contribution in [0.3, 0.4) is 0 Å². The van der Waals surface area contributed by atoms with Gasteiger partial charge in [0.25, 0.3) is 0 Å². The first-order valence-electron chi connectivity index (χ1n) is 9.47. The molecule has 0 aromatic rings. The largest absolute Gasteiger partial charge is 0.395 e. The number of hydrogen-bond donors (Lipinski definition) is 4. The zero-order valence-corrected chi connectivity index (χ0v) is 15.7. The standard InChI is InChI=1S/C20H33N3O2/c1-20(2,3)23-12-14(8-16(23)13-24)10-22-19(25)9-15-11-21-18-7-5-4-6-17(15)18/h4-7,11,14,16-19,21-22,24-25H,8-10,12-13H2,1-3H3/t14-,16+,17?,18?,19?/m0/s1. The maximum Gasteiger partial charge on any atom is 0.108 e. The molecule has 1 aliphatic carbocycles. The highest BCUT2D eigenvalue weighted by Gasteiger charge is 2.37. The summed E-state index contributed by atoms with van der Waals surface area (Å²) in [5.41, 5.74) is 1.32. The van der Waals surface area contributed by atoms with Gasteiger partial charge < -0.3 is 15.5 Å². The molecule has 5 heteroatoms. The van der Waals surface area contributed by atoms with E-state index in [1.807, 2.05) is 0 Å². The van der Waals surface area contributed by atoms with Gasteiger partial charge in [0.2, 0.25) is 0 Å². The predicted molar refractivity (Wildman–Crippen MR) is 101 cm³/mol. The maximum absolute atomic E-state index is 10.4. The van der Waals surface area contributed by atoms with Crippen molar-refractivity contribution in [3.63, 3.8) is 0 Å². The van der Waals surface area contributed by atoms with Crippen LogP contribution in [0.25, 0.3) is 0 Å². The average Bonchev–Trinajstić information content (AvgIpc) is 3.17. The van der Waals surface area contributed by atoms with Crippen molar-refractivity contribution in [2.75, 3.05) is 19.7 Å². The van der Waals surface area contributed by atoms with Crippen LogP contribution in [0.2, 0.25) is 0 Å². The average molecular weight is 348 g/mol. The van der Waals surface area contributed by atoms with Gasteiger partial charge in [-0.05, 0) is 44.9 Å². The molecule has 3 unspecified atom stereocenters. The van der Waals surface area contributed by atoms with Crippen LogP contribution in [0.15, 0.2) is 36.1 Å². The molecule has 1 fully saturated rings. The van der Waals surface area contributed by atoms with Crippen LogP contribution >= 0.6 is 0 Å². The monoisotopic (exact) mass is 347 g/mol. The number of allylic oxidation sites excluding steroid dienone is 2. The first-order valence-corrected chi connectivity index (χ1v) is 9.47. The summed E-state index contributed by atoms with van der Waals surface area (Å²) in [4.78, 5) is 2.39. The number of rotatable bonds is 6. The third kappa shape index (κ3) is 4.34. The summed E-state index contributed by atoms with van der Waals surface area (Å²) < 4.78 is 0. The summed E-state index contributed by atoms with van der Waals surface area (Å²) in [6.45, 7) is 8.55. The summed E-state index contributed by atoms with van der Waals surface area (Å²) >= 11 is 0. The number of hydrogen-bond acceptors (Lipinski definition) is 5. The molecule has 5 nitrogen and oxygen atoms in total. The van der Waals surface area contributed by atoms with Gasteiger partial charge in [0.15, 0.2) is 0 Å². The molecular weight excluding hydrogens is 314 g/mol. The van der Waals surface area contributed by atoms with E-state index in [1.165, 1.54) is 5.57 Å². The molecule has 3 rings (SSSR count). The van der Waals surface area contributed by atoms with Crippen LogP contribution in [-0.2, 0) is 0 Å². The second kappa shape index (κ2) is 7.62. The third-order valence-electron chi connectivity index (χ3n) is 5.67. The van der Waals surface area contributed by atoms with Gasteiger partial charge in [0.1, 0.15) is 6.23 Å². The SMILES string of the molecule is CC(C)(C)N1C[C@H](CNC(O)CC2=CNC3C=CC=CC23)C[C@@H]1CO. The Labute approximate surface area is 151 Å². The molecule has 0 saturated carbocycles. The lowest BCUT2D eigenvalue weighted by molar-refractivity contribution is 0.0786.